The van der Waals surface area contributed by atoms with E-state index in [0.717, 1.165) is 62.3 Å². The van der Waals surface area contributed by atoms with Crippen molar-refractivity contribution >= 4 is 41.8 Å². The molecule has 10 fully saturated rings. The molecule has 1 saturated heterocycles. The highest BCUT2D eigenvalue weighted by Crippen LogP contribution is 2.60. The average Bonchev–Trinajstić information content (AvgIpc) is 2.58. The number of carbonyl (C=O) groups excluding carboxylic acids is 7. The molecule has 11 rings (SSSR count). The van der Waals surface area contributed by atoms with Crippen LogP contribution in [0.1, 0.15) is 177 Å². The van der Waals surface area contributed by atoms with Crippen molar-refractivity contribution < 1.29 is 76.9 Å². The number of rotatable bonds is 15. The first-order valence-corrected chi connectivity index (χ1v) is 29.2. The Morgan fingerprint density at radius 3 is 1.50 bits per heavy atom. The number of aliphatic hydroxyl groups excluding tert-OH is 1. The van der Waals surface area contributed by atoms with E-state index in [1.165, 1.54) is 64.7 Å². The summed E-state index contributed by atoms with van der Waals surface area (Å²) in [6, 6.07) is 9.55. The Morgan fingerprint density at radius 2 is 1.06 bits per heavy atom. The van der Waals surface area contributed by atoms with Gasteiger partial charge in [-0.3, -0.25) is 0 Å². The third kappa shape index (κ3) is 20.3. The maximum atomic E-state index is 11.8. The second-order valence-electron chi connectivity index (χ2n) is 24.6. The van der Waals surface area contributed by atoms with Crippen molar-refractivity contribution in [2.45, 2.75) is 206 Å². The molecule has 16 nitrogen and oxygen atoms in total. The molecule has 0 spiro atoms. The van der Waals surface area contributed by atoms with Crippen LogP contribution >= 0.6 is 0 Å². The minimum atomic E-state index is -0.728. The van der Waals surface area contributed by atoms with Crippen molar-refractivity contribution in [3.63, 3.8) is 0 Å². The number of benzene rings is 1. The first-order valence-electron chi connectivity index (χ1n) is 29.2. The summed E-state index contributed by atoms with van der Waals surface area (Å²) in [4.78, 5) is 78.2. The van der Waals surface area contributed by atoms with E-state index >= 15 is 0 Å². The molecule has 1 aromatic carbocycles. The number of hydrogen-bond donors (Lipinski definition) is 2. The largest absolute Gasteiger partial charge is 0.463 e. The molecule has 1 aromatic rings. The van der Waals surface area contributed by atoms with Crippen LogP contribution in [0.2, 0.25) is 0 Å². The summed E-state index contributed by atoms with van der Waals surface area (Å²) in [6.07, 6.45) is 18.3. The molecule has 1 heterocycles. The quantitative estimate of drug-likeness (QED) is 0.0946. The highest BCUT2D eigenvalue weighted by atomic mass is 16.6. The summed E-state index contributed by atoms with van der Waals surface area (Å²) in [7, 11) is 0. The number of cyclic esters (lactones) is 1. The molecule has 3 atom stereocenters. The molecule has 8 bridgehead atoms. The predicted molar refractivity (Wildman–Crippen MR) is 311 cm³/mol. The fourth-order valence-corrected chi connectivity index (χ4v) is 13.0. The number of esters is 7. The number of hydrogen-bond acceptors (Lipinski definition) is 16. The Kier molecular flexibility index (Phi) is 25.8. The Bertz CT molecular complexity index is 2450. The van der Waals surface area contributed by atoms with Gasteiger partial charge in [0.1, 0.15) is 30.0 Å². The average molecular weight is 1140 g/mol. The molecule has 82 heavy (non-hydrogen) atoms. The van der Waals surface area contributed by atoms with Crippen molar-refractivity contribution in [2.24, 2.45) is 35.5 Å². The summed E-state index contributed by atoms with van der Waals surface area (Å²) >= 11 is 0. The summed E-state index contributed by atoms with van der Waals surface area (Å²) in [5, 5.41) is 18.7. The zero-order chi connectivity index (χ0) is 61.2. The Labute approximate surface area is 487 Å². The lowest BCUT2D eigenvalue weighted by Crippen LogP contribution is -2.60. The molecular formula is C66H94O16. The normalized spacial score (nSPS) is 28.5. The lowest BCUT2D eigenvalue weighted by molar-refractivity contribution is -0.217. The molecule has 2 N–H and O–H groups in total. The maximum Gasteiger partial charge on any atom is 0.347 e. The lowest BCUT2D eigenvalue weighted by Gasteiger charge is -2.59. The van der Waals surface area contributed by atoms with E-state index < -0.39 is 35.2 Å². The van der Waals surface area contributed by atoms with Gasteiger partial charge in [-0.05, 0) is 186 Å². The van der Waals surface area contributed by atoms with Crippen LogP contribution < -0.4 is 0 Å². The number of carbonyl (C=O) groups is 7. The zero-order valence-electron chi connectivity index (χ0n) is 50.3. The van der Waals surface area contributed by atoms with Crippen molar-refractivity contribution in [3.05, 3.63) is 109 Å². The van der Waals surface area contributed by atoms with Crippen LogP contribution in [0, 0.1) is 35.5 Å². The first kappa shape index (κ1) is 68.4. The number of ether oxygens (including phenoxy) is 7. The molecule has 9 aliphatic carbocycles. The van der Waals surface area contributed by atoms with Crippen LogP contribution in [-0.4, -0.2) is 100 Å². The molecule has 9 saturated carbocycles. The van der Waals surface area contributed by atoms with Crippen molar-refractivity contribution in [1.29, 1.82) is 0 Å². The molecule has 3 unspecified atom stereocenters. The van der Waals surface area contributed by atoms with Gasteiger partial charge in [0, 0.05) is 46.3 Å². The van der Waals surface area contributed by atoms with Crippen molar-refractivity contribution in [2.75, 3.05) is 19.8 Å². The third-order valence-electron chi connectivity index (χ3n) is 16.8. The molecule has 0 radical (unpaired) electrons. The summed E-state index contributed by atoms with van der Waals surface area (Å²) in [5.41, 5.74) is 2.17. The van der Waals surface area contributed by atoms with Gasteiger partial charge >= 0.3 is 41.8 Å². The maximum absolute atomic E-state index is 11.8. The second kappa shape index (κ2) is 31.0. The van der Waals surface area contributed by atoms with Gasteiger partial charge < -0.3 is 43.4 Å². The highest BCUT2D eigenvalue weighted by molar-refractivity contribution is 5.90. The van der Waals surface area contributed by atoms with Gasteiger partial charge in [-0.2, -0.15) is 0 Å². The number of aliphatic hydroxyl groups is 2. The van der Waals surface area contributed by atoms with Gasteiger partial charge in [0.15, 0.2) is 0 Å². The van der Waals surface area contributed by atoms with E-state index in [0.29, 0.717) is 77.6 Å². The van der Waals surface area contributed by atoms with E-state index in [1.54, 1.807) is 34.6 Å². The lowest BCUT2D eigenvalue weighted by atomic mass is 9.50. The van der Waals surface area contributed by atoms with Gasteiger partial charge in [0.25, 0.3) is 0 Å². The molecule has 0 amide bonds. The smallest absolute Gasteiger partial charge is 0.347 e. The van der Waals surface area contributed by atoms with Crippen molar-refractivity contribution in [1.82, 2.24) is 0 Å². The van der Waals surface area contributed by atoms with Crippen LogP contribution in [0.5, 0.6) is 0 Å². The van der Waals surface area contributed by atoms with Crippen LogP contribution in [0.4, 0.5) is 0 Å². The molecule has 0 aromatic heterocycles. The van der Waals surface area contributed by atoms with Crippen molar-refractivity contribution in [3.8, 4) is 0 Å². The van der Waals surface area contributed by atoms with Crippen LogP contribution in [-0.2, 0) is 73.3 Å². The van der Waals surface area contributed by atoms with Gasteiger partial charge in [-0.15, -0.1) is 0 Å². The topological polar surface area (TPSA) is 225 Å². The van der Waals surface area contributed by atoms with Gasteiger partial charge in [-0.1, -0.05) is 83.2 Å². The fraction of sp³-hybridized carbons (Fsp3) is 0.621. The Morgan fingerprint density at radius 1 is 0.598 bits per heavy atom. The highest BCUT2D eigenvalue weighted by Gasteiger charge is 2.59. The third-order valence-corrected chi connectivity index (χ3v) is 16.8. The standard InChI is InChI=1S/C15H22O2.C14H20O3.C12H20O2.C11H12O2.C8H10O4.C6H10O3/c1-9(2)14(16)17-15(3)12-5-10-4-11(7-12)8-13(15)6-10;1-9(2)12(15)17-14-6-10-3-11(7-14)5-13(16,4-10)8-14;1-4-12(8-6-5-7-9-12)14-11(13)10(2)3;1-9(2)11(12)13-8-10-6-4-3-5-7-10;1-5(2)7(9)12-6-3-4-11-8(6)10;1-5(2)6(8)9-4-3-7/h10-13H,1,4-8H2,2-3H3;10-11,16H,1,3-8H2,2H3;2,4-9H2,1,3H3;3-7H,1,8H2,2H3;6H,1,3-4H2,2H3;7H,1,3-4H2,2H3. The monoisotopic (exact) mass is 1140 g/mol. The fourth-order valence-electron chi connectivity index (χ4n) is 13.0. The van der Waals surface area contributed by atoms with Gasteiger partial charge in [-0.25, -0.2) is 33.6 Å². The summed E-state index contributed by atoms with van der Waals surface area (Å²) in [5.74, 6) is 1.58. The van der Waals surface area contributed by atoms with Gasteiger partial charge in [0.2, 0.25) is 6.10 Å². The van der Waals surface area contributed by atoms with E-state index in [-0.39, 0.29) is 53.9 Å². The van der Waals surface area contributed by atoms with E-state index in [4.69, 9.17) is 28.8 Å². The van der Waals surface area contributed by atoms with Crippen LogP contribution in [0.3, 0.4) is 0 Å². The minimum Gasteiger partial charge on any atom is -0.463 e. The molecule has 454 valence electrons. The van der Waals surface area contributed by atoms with Crippen LogP contribution in [0.15, 0.2) is 103 Å². The predicted octanol–water partition coefficient (Wildman–Crippen LogP) is 11.6. The molecule has 10 aliphatic rings. The molecule has 1 aliphatic heterocycles. The van der Waals surface area contributed by atoms with E-state index in [1.807, 2.05) is 30.3 Å². The first-order chi connectivity index (χ1) is 38.5. The molecular weight excluding hydrogens is 1050 g/mol. The Balaban J connectivity index is 0.000000214. The minimum absolute atomic E-state index is 0.0473. The molecule has 16 heteroatoms. The van der Waals surface area contributed by atoms with Crippen LogP contribution in [0.25, 0.3) is 0 Å². The van der Waals surface area contributed by atoms with E-state index in [9.17, 15) is 38.7 Å². The zero-order valence-corrected chi connectivity index (χ0v) is 50.3. The van der Waals surface area contributed by atoms with Gasteiger partial charge in [0.05, 0.1) is 18.8 Å². The summed E-state index contributed by atoms with van der Waals surface area (Å²) in [6.45, 7) is 35.8. The van der Waals surface area contributed by atoms with E-state index in [2.05, 4.69) is 62.8 Å². The summed E-state index contributed by atoms with van der Waals surface area (Å²) < 4.78 is 35.9. The SMILES string of the molecule is C=C(C)C(=O)OC1(C)C2CC3CC(C2)CC1C3.C=C(C)C(=O)OC1(CC)CCCCC1.C=C(C)C(=O)OC12CC3CC(CC(O)(C3)C1)C2.C=C(C)C(=O)OC1CCOC1=O.C=C(C)C(=O)OCCO.C=C(C)C(=O)OCc1ccccc1. The second-order valence-corrected chi connectivity index (χ2v) is 24.6. The Hall–Kier alpha value is -6.13.